The Morgan fingerprint density at radius 1 is 1.36 bits per heavy atom. The third kappa shape index (κ3) is 2.50. The van der Waals surface area contributed by atoms with Crippen LogP contribution in [0.1, 0.15) is 25.7 Å². The molecule has 0 bridgehead atoms. The summed E-state index contributed by atoms with van der Waals surface area (Å²) in [5, 5.41) is 11.6. The summed E-state index contributed by atoms with van der Waals surface area (Å²) in [6.45, 7) is 0.299. The van der Waals surface area contributed by atoms with Crippen LogP contribution in [0.25, 0.3) is 0 Å². The van der Waals surface area contributed by atoms with Gasteiger partial charge in [-0.2, -0.15) is 0 Å². The fourth-order valence-electron chi connectivity index (χ4n) is 1.61. The van der Waals surface area contributed by atoms with Gasteiger partial charge in [0.05, 0.1) is 0 Å². The molecule has 0 aliphatic heterocycles. The predicted molar refractivity (Wildman–Crippen MR) is 42.0 cm³/mol. The standard InChI is InChI=1S/C8H15NO2/c10-5-7-1-3-8(4-2-7)9-6-11/h6-8,10H,1-5H2,(H,9,11). The molecule has 0 radical (unpaired) electrons. The van der Waals surface area contributed by atoms with E-state index in [2.05, 4.69) is 5.32 Å². The van der Waals surface area contributed by atoms with Crippen LogP contribution in [-0.4, -0.2) is 24.2 Å². The maximum atomic E-state index is 10.1. The highest BCUT2D eigenvalue weighted by Crippen LogP contribution is 2.23. The Bertz CT molecular complexity index is 119. The monoisotopic (exact) mass is 157 g/mol. The topological polar surface area (TPSA) is 49.3 Å². The highest BCUT2D eigenvalue weighted by molar-refractivity contribution is 5.46. The number of hydrogen-bond donors (Lipinski definition) is 2. The summed E-state index contributed by atoms with van der Waals surface area (Å²) in [7, 11) is 0. The lowest BCUT2D eigenvalue weighted by atomic mass is 9.87. The maximum absolute atomic E-state index is 10.1. The van der Waals surface area contributed by atoms with Crippen molar-refractivity contribution >= 4 is 6.41 Å². The van der Waals surface area contributed by atoms with Crippen molar-refractivity contribution in [2.24, 2.45) is 5.92 Å². The molecule has 0 aromatic carbocycles. The molecule has 11 heavy (non-hydrogen) atoms. The van der Waals surface area contributed by atoms with Crippen LogP contribution in [0.4, 0.5) is 0 Å². The number of aliphatic hydroxyl groups is 1. The summed E-state index contributed by atoms with van der Waals surface area (Å²) in [6, 6.07) is 0.357. The van der Waals surface area contributed by atoms with Crippen LogP contribution in [0.5, 0.6) is 0 Å². The van der Waals surface area contributed by atoms with Gasteiger partial charge >= 0.3 is 0 Å². The van der Waals surface area contributed by atoms with Crippen molar-refractivity contribution in [2.45, 2.75) is 31.7 Å². The highest BCUT2D eigenvalue weighted by Gasteiger charge is 2.19. The normalized spacial score (nSPS) is 31.4. The van der Waals surface area contributed by atoms with Crippen molar-refractivity contribution in [1.29, 1.82) is 0 Å². The third-order valence-electron chi connectivity index (χ3n) is 2.41. The fourth-order valence-corrected chi connectivity index (χ4v) is 1.61. The Kier molecular flexibility index (Phi) is 3.36. The zero-order valence-corrected chi connectivity index (χ0v) is 6.62. The molecule has 1 rings (SSSR count). The Labute approximate surface area is 66.8 Å². The van der Waals surface area contributed by atoms with Gasteiger partial charge < -0.3 is 10.4 Å². The van der Waals surface area contributed by atoms with Crippen molar-refractivity contribution in [3.63, 3.8) is 0 Å². The van der Waals surface area contributed by atoms with Gasteiger partial charge in [0, 0.05) is 12.6 Å². The van der Waals surface area contributed by atoms with E-state index in [4.69, 9.17) is 5.11 Å². The fraction of sp³-hybridized carbons (Fsp3) is 0.875. The van der Waals surface area contributed by atoms with Gasteiger partial charge in [-0.25, -0.2) is 0 Å². The minimum absolute atomic E-state index is 0.299. The molecule has 0 saturated heterocycles. The second-order valence-electron chi connectivity index (χ2n) is 3.18. The van der Waals surface area contributed by atoms with Gasteiger partial charge in [-0.3, -0.25) is 4.79 Å². The van der Waals surface area contributed by atoms with E-state index in [1.54, 1.807) is 0 Å². The van der Waals surface area contributed by atoms with Crippen molar-refractivity contribution in [2.75, 3.05) is 6.61 Å². The van der Waals surface area contributed by atoms with E-state index < -0.39 is 0 Å². The van der Waals surface area contributed by atoms with Crippen molar-refractivity contribution in [1.82, 2.24) is 5.32 Å². The van der Waals surface area contributed by atoms with E-state index in [0.29, 0.717) is 18.6 Å². The third-order valence-corrected chi connectivity index (χ3v) is 2.41. The van der Waals surface area contributed by atoms with Gasteiger partial charge in [0.2, 0.25) is 6.41 Å². The number of carbonyl (C=O) groups excluding carboxylic acids is 1. The first-order chi connectivity index (χ1) is 5.36. The molecule has 0 spiro atoms. The molecule has 0 aromatic rings. The summed E-state index contributed by atoms with van der Waals surface area (Å²) < 4.78 is 0. The van der Waals surface area contributed by atoms with Gasteiger partial charge in [0.25, 0.3) is 0 Å². The summed E-state index contributed by atoms with van der Waals surface area (Å²) in [5.74, 6) is 0.472. The van der Waals surface area contributed by atoms with Crippen molar-refractivity contribution in [3.8, 4) is 0 Å². The maximum Gasteiger partial charge on any atom is 0.207 e. The molecular weight excluding hydrogens is 142 g/mol. The van der Waals surface area contributed by atoms with E-state index in [0.717, 1.165) is 32.1 Å². The minimum atomic E-state index is 0.299. The first kappa shape index (κ1) is 8.53. The van der Waals surface area contributed by atoms with Gasteiger partial charge in [0.15, 0.2) is 0 Å². The Morgan fingerprint density at radius 3 is 2.45 bits per heavy atom. The van der Waals surface area contributed by atoms with E-state index in [9.17, 15) is 4.79 Å². The molecule has 64 valence electrons. The summed E-state index contributed by atoms with van der Waals surface area (Å²) in [6.07, 6.45) is 4.89. The van der Waals surface area contributed by atoms with Crippen LogP contribution in [0.3, 0.4) is 0 Å². The van der Waals surface area contributed by atoms with Gasteiger partial charge in [-0.05, 0) is 31.6 Å². The van der Waals surface area contributed by atoms with Crippen LogP contribution >= 0.6 is 0 Å². The number of hydrogen-bond acceptors (Lipinski definition) is 2. The molecule has 3 heteroatoms. The lowest BCUT2D eigenvalue weighted by Crippen LogP contribution is -2.32. The molecule has 1 aliphatic carbocycles. The molecule has 1 fully saturated rings. The predicted octanol–water partition coefficient (Wildman–Crippen LogP) is 0.283. The molecule has 1 amide bonds. The zero-order valence-electron chi connectivity index (χ0n) is 6.62. The van der Waals surface area contributed by atoms with Crippen LogP contribution in [-0.2, 0) is 4.79 Å². The molecule has 0 aromatic heterocycles. The van der Waals surface area contributed by atoms with E-state index in [1.165, 1.54) is 0 Å². The summed E-state index contributed by atoms with van der Waals surface area (Å²) in [4.78, 5) is 10.1. The van der Waals surface area contributed by atoms with E-state index in [1.807, 2.05) is 0 Å². The van der Waals surface area contributed by atoms with Crippen LogP contribution in [0.15, 0.2) is 0 Å². The number of nitrogens with one attached hydrogen (secondary N) is 1. The average Bonchev–Trinajstić information content (AvgIpc) is 2.07. The summed E-state index contributed by atoms with van der Waals surface area (Å²) in [5.41, 5.74) is 0. The molecule has 1 saturated carbocycles. The first-order valence-electron chi connectivity index (χ1n) is 4.17. The smallest absolute Gasteiger partial charge is 0.207 e. The largest absolute Gasteiger partial charge is 0.396 e. The zero-order chi connectivity index (χ0) is 8.10. The Balaban J connectivity index is 2.18. The molecule has 0 unspecified atom stereocenters. The lowest BCUT2D eigenvalue weighted by molar-refractivity contribution is -0.110. The first-order valence-corrected chi connectivity index (χ1v) is 4.17. The van der Waals surface area contributed by atoms with Crippen molar-refractivity contribution < 1.29 is 9.90 Å². The lowest BCUT2D eigenvalue weighted by Gasteiger charge is -2.26. The number of carbonyl (C=O) groups is 1. The number of aliphatic hydroxyl groups excluding tert-OH is 1. The van der Waals surface area contributed by atoms with E-state index >= 15 is 0 Å². The molecular formula is C8H15NO2. The molecule has 2 N–H and O–H groups in total. The highest BCUT2D eigenvalue weighted by atomic mass is 16.3. The second kappa shape index (κ2) is 4.34. The van der Waals surface area contributed by atoms with Crippen molar-refractivity contribution in [3.05, 3.63) is 0 Å². The second-order valence-corrected chi connectivity index (χ2v) is 3.18. The quantitative estimate of drug-likeness (QED) is 0.578. The van der Waals surface area contributed by atoms with Gasteiger partial charge in [-0.1, -0.05) is 0 Å². The SMILES string of the molecule is O=CNC1CCC(CO)CC1. The van der Waals surface area contributed by atoms with Gasteiger partial charge in [0.1, 0.15) is 0 Å². The molecule has 0 heterocycles. The number of amides is 1. The van der Waals surface area contributed by atoms with E-state index in [-0.39, 0.29) is 0 Å². The molecule has 1 aliphatic rings. The average molecular weight is 157 g/mol. The van der Waals surface area contributed by atoms with Crippen LogP contribution < -0.4 is 5.32 Å². The Hall–Kier alpha value is -0.570. The molecule has 0 atom stereocenters. The molecule has 3 nitrogen and oxygen atoms in total. The Morgan fingerprint density at radius 2 is 2.00 bits per heavy atom. The van der Waals surface area contributed by atoms with Gasteiger partial charge in [-0.15, -0.1) is 0 Å². The summed E-state index contributed by atoms with van der Waals surface area (Å²) >= 11 is 0. The van der Waals surface area contributed by atoms with Crippen LogP contribution in [0, 0.1) is 5.92 Å². The number of rotatable bonds is 3. The van der Waals surface area contributed by atoms with Crippen LogP contribution in [0.2, 0.25) is 0 Å². The minimum Gasteiger partial charge on any atom is -0.396 e.